The Morgan fingerprint density at radius 1 is 0.962 bits per heavy atom. The summed E-state index contributed by atoms with van der Waals surface area (Å²) in [5.41, 5.74) is 2.74. The molecule has 0 aliphatic carbocycles. The zero-order chi connectivity index (χ0) is 17.9. The van der Waals surface area contributed by atoms with Gasteiger partial charge in [0.15, 0.2) is 0 Å². The molecule has 0 spiro atoms. The first-order chi connectivity index (χ1) is 12.7. The third-order valence-electron chi connectivity index (χ3n) is 5.53. The molecular weight excluding hydrogens is 326 g/mol. The first kappa shape index (κ1) is 17.1. The second kappa shape index (κ2) is 7.51. The van der Waals surface area contributed by atoms with Crippen LogP contribution in [0.15, 0.2) is 43.0 Å². The van der Waals surface area contributed by atoms with E-state index in [0.717, 1.165) is 62.4 Å². The van der Waals surface area contributed by atoms with Crippen molar-refractivity contribution in [3.63, 3.8) is 0 Å². The minimum absolute atomic E-state index is 0.137. The summed E-state index contributed by atoms with van der Waals surface area (Å²) in [4.78, 5) is 27.9. The Bertz CT molecular complexity index is 741. The van der Waals surface area contributed by atoms with E-state index in [0.29, 0.717) is 6.04 Å². The van der Waals surface area contributed by atoms with Crippen LogP contribution in [0.5, 0.6) is 0 Å². The van der Waals surface area contributed by atoms with Gasteiger partial charge in [-0.1, -0.05) is 12.1 Å². The van der Waals surface area contributed by atoms with Gasteiger partial charge in [-0.3, -0.25) is 9.69 Å². The number of carbonyl (C=O) groups excluding carboxylic acids is 1. The summed E-state index contributed by atoms with van der Waals surface area (Å²) in [6, 6.07) is 8.27. The molecule has 0 N–H and O–H groups in total. The predicted octanol–water partition coefficient (Wildman–Crippen LogP) is 1.61. The van der Waals surface area contributed by atoms with E-state index in [-0.39, 0.29) is 5.91 Å². The molecule has 136 valence electrons. The van der Waals surface area contributed by atoms with Gasteiger partial charge in [-0.25, -0.2) is 9.97 Å². The second-order valence-electron chi connectivity index (χ2n) is 7.24. The number of aromatic nitrogens is 2. The predicted molar refractivity (Wildman–Crippen MR) is 101 cm³/mol. The van der Waals surface area contributed by atoms with Gasteiger partial charge >= 0.3 is 0 Å². The number of benzene rings is 1. The SMILES string of the molecule is CN1CCN(C2CCN(C(=O)c3ccc(-c4cncnc4)cc3)C2)CC1. The van der Waals surface area contributed by atoms with Crippen LogP contribution >= 0.6 is 0 Å². The van der Waals surface area contributed by atoms with Gasteiger partial charge in [0.1, 0.15) is 6.33 Å². The van der Waals surface area contributed by atoms with E-state index in [9.17, 15) is 4.79 Å². The number of rotatable bonds is 3. The number of hydrogen-bond donors (Lipinski definition) is 0. The van der Waals surface area contributed by atoms with Crippen molar-refractivity contribution >= 4 is 5.91 Å². The van der Waals surface area contributed by atoms with E-state index in [1.807, 2.05) is 29.2 Å². The van der Waals surface area contributed by atoms with Crippen LogP contribution in [0.4, 0.5) is 0 Å². The fourth-order valence-corrected chi connectivity index (χ4v) is 3.85. The fraction of sp³-hybridized carbons (Fsp3) is 0.450. The van der Waals surface area contributed by atoms with Crippen LogP contribution in [0.3, 0.4) is 0 Å². The molecule has 2 saturated heterocycles. The Balaban J connectivity index is 1.39. The maximum Gasteiger partial charge on any atom is 0.253 e. The summed E-state index contributed by atoms with van der Waals surface area (Å²) in [7, 11) is 2.17. The van der Waals surface area contributed by atoms with E-state index in [2.05, 4.69) is 26.8 Å². The van der Waals surface area contributed by atoms with Gasteiger partial charge in [0.05, 0.1) is 0 Å². The van der Waals surface area contributed by atoms with Gasteiger partial charge in [0.2, 0.25) is 0 Å². The average molecular weight is 351 g/mol. The average Bonchev–Trinajstić information content (AvgIpc) is 3.19. The van der Waals surface area contributed by atoms with Gasteiger partial charge in [-0.15, -0.1) is 0 Å². The van der Waals surface area contributed by atoms with Crippen molar-refractivity contribution in [3.8, 4) is 11.1 Å². The van der Waals surface area contributed by atoms with Crippen LogP contribution in [0.25, 0.3) is 11.1 Å². The number of nitrogens with zero attached hydrogens (tertiary/aromatic N) is 5. The quantitative estimate of drug-likeness (QED) is 0.841. The highest BCUT2D eigenvalue weighted by molar-refractivity contribution is 5.95. The highest BCUT2D eigenvalue weighted by Gasteiger charge is 2.31. The second-order valence-corrected chi connectivity index (χ2v) is 7.24. The zero-order valence-corrected chi connectivity index (χ0v) is 15.2. The lowest BCUT2D eigenvalue weighted by atomic mass is 10.1. The van der Waals surface area contributed by atoms with Crippen LogP contribution in [0.1, 0.15) is 16.8 Å². The summed E-state index contributed by atoms with van der Waals surface area (Å²) >= 11 is 0. The molecule has 0 saturated carbocycles. The lowest BCUT2D eigenvalue weighted by Gasteiger charge is -2.36. The summed E-state index contributed by atoms with van der Waals surface area (Å²) in [6.07, 6.45) is 6.16. The molecule has 6 nitrogen and oxygen atoms in total. The summed E-state index contributed by atoms with van der Waals surface area (Å²) in [5.74, 6) is 0.137. The molecule has 26 heavy (non-hydrogen) atoms. The van der Waals surface area contributed by atoms with E-state index in [1.54, 1.807) is 12.4 Å². The number of piperazine rings is 1. The molecule has 1 aromatic carbocycles. The minimum Gasteiger partial charge on any atom is -0.337 e. The number of carbonyl (C=O) groups is 1. The Labute approximate surface area is 154 Å². The van der Waals surface area contributed by atoms with Gasteiger partial charge in [0, 0.05) is 68.8 Å². The van der Waals surface area contributed by atoms with Gasteiger partial charge in [0.25, 0.3) is 5.91 Å². The molecule has 3 heterocycles. The Morgan fingerprint density at radius 3 is 2.35 bits per heavy atom. The Hall–Kier alpha value is -2.31. The number of amides is 1. The molecule has 6 heteroatoms. The lowest BCUT2D eigenvalue weighted by Crippen LogP contribution is -2.50. The van der Waals surface area contributed by atoms with Crippen molar-refractivity contribution in [2.75, 3.05) is 46.3 Å². The zero-order valence-electron chi connectivity index (χ0n) is 15.2. The molecule has 4 rings (SSSR count). The van der Waals surface area contributed by atoms with Gasteiger partial charge in [-0.2, -0.15) is 0 Å². The molecule has 2 aliphatic heterocycles. The maximum absolute atomic E-state index is 12.8. The van der Waals surface area contributed by atoms with Crippen molar-refractivity contribution in [1.82, 2.24) is 24.7 Å². The third-order valence-corrected chi connectivity index (χ3v) is 5.53. The molecule has 1 amide bonds. The largest absolute Gasteiger partial charge is 0.337 e. The molecule has 1 unspecified atom stereocenters. The number of likely N-dealkylation sites (N-methyl/N-ethyl adjacent to an activating group) is 1. The van der Waals surface area contributed by atoms with Crippen LogP contribution in [0.2, 0.25) is 0 Å². The molecule has 1 aromatic heterocycles. The van der Waals surface area contributed by atoms with Crippen LogP contribution < -0.4 is 0 Å². The van der Waals surface area contributed by atoms with E-state index < -0.39 is 0 Å². The normalized spacial score (nSPS) is 21.9. The number of likely N-dealkylation sites (tertiary alicyclic amines) is 1. The van der Waals surface area contributed by atoms with E-state index >= 15 is 0 Å². The van der Waals surface area contributed by atoms with Gasteiger partial charge in [-0.05, 0) is 31.2 Å². The molecule has 2 fully saturated rings. The Kier molecular flexibility index (Phi) is 4.95. The van der Waals surface area contributed by atoms with E-state index in [4.69, 9.17) is 0 Å². The van der Waals surface area contributed by atoms with E-state index in [1.165, 1.54) is 6.33 Å². The monoisotopic (exact) mass is 351 g/mol. The highest BCUT2D eigenvalue weighted by atomic mass is 16.2. The first-order valence-corrected chi connectivity index (χ1v) is 9.28. The topological polar surface area (TPSA) is 52.6 Å². The van der Waals surface area contributed by atoms with Crippen molar-refractivity contribution in [2.45, 2.75) is 12.5 Å². The standard InChI is InChI=1S/C20H25N5O/c1-23-8-10-24(11-9-23)19-6-7-25(14-19)20(26)17-4-2-16(3-5-17)18-12-21-15-22-13-18/h2-5,12-13,15,19H,6-11,14H2,1H3. The Morgan fingerprint density at radius 2 is 1.65 bits per heavy atom. The summed E-state index contributed by atoms with van der Waals surface area (Å²) in [5, 5.41) is 0. The molecule has 0 radical (unpaired) electrons. The van der Waals surface area contributed by atoms with Crippen LogP contribution in [-0.4, -0.2) is 82.9 Å². The maximum atomic E-state index is 12.8. The first-order valence-electron chi connectivity index (χ1n) is 9.28. The highest BCUT2D eigenvalue weighted by Crippen LogP contribution is 2.22. The summed E-state index contributed by atoms with van der Waals surface area (Å²) < 4.78 is 0. The van der Waals surface area contributed by atoms with Crippen molar-refractivity contribution in [3.05, 3.63) is 48.5 Å². The minimum atomic E-state index is 0.137. The van der Waals surface area contributed by atoms with Crippen LogP contribution in [-0.2, 0) is 0 Å². The third kappa shape index (κ3) is 3.61. The summed E-state index contributed by atoms with van der Waals surface area (Å²) in [6.45, 7) is 6.15. The van der Waals surface area contributed by atoms with Crippen molar-refractivity contribution < 1.29 is 4.79 Å². The molecule has 2 aliphatic rings. The lowest BCUT2D eigenvalue weighted by molar-refractivity contribution is 0.0755. The smallest absolute Gasteiger partial charge is 0.253 e. The molecular formula is C20H25N5O. The van der Waals surface area contributed by atoms with Crippen molar-refractivity contribution in [1.29, 1.82) is 0 Å². The van der Waals surface area contributed by atoms with Crippen molar-refractivity contribution in [2.24, 2.45) is 0 Å². The van der Waals surface area contributed by atoms with Gasteiger partial charge < -0.3 is 9.80 Å². The fourth-order valence-electron chi connectivity index (χ4n) is 3.85. The molecule has 2 aromatic rings. The molecule has 1 atom stereocenters. The molecule has 0 bridgehead atoms. The number of hydrogen-bond acceptors (Lipinski definition) is 5. The van der Waals surface area contributed by atoms with Crippen LogP contribution in [0, 0.1) is 0 Å².